The van der Waals surface area contributed by atoms with Crippen LogP contribution in [0.15, 0.2) is 18.3 Å². The van der Waals surface area contributed by atoms with Crippen LogP contribution in [0.5, 0.6) is 0 Å². The fourth-order valence-corrected chi connectivity index (χ4v) is 1.50. The molecule has 0 amide bonds. The summed E-state index contributed by atoms with van der Waals surface area (Å²) in [6.07, 6.45) is 4.09. The van der Waals surface area contributed by atoms with E-state index in [1.807, 2.05) is 0 Å². The Morgan fingerprint density at radius 3 is 3.07 bits per heavy atom. The molecule has 0 aliphatic carbocycles. The van der Waals surface area contributed by atoms with Crippen LogP contribution in [0.3, 0.4) is 0 Å². The van der Waals surface area contributed by atoms with Gasteiger partial charge in [0.1, 0.15) is 11.9 Å². The van der Waals surface area contributed by atoms with Crippen LogP contribution in [0.25, 0.3) is 0 Å². The van der Waals surface area contributed by atoms with Gasteiger partial charge in [0.15, 0.2) is 0 Å². The van der Waals surface area contributed by atoms with Crippen LogP contribution in [-0.4, -0.2) is 11.5 Å². The van der Waals surface area contributed by atoms with Gasteiger partial charge in [0.2, 0.25) is 0 Å². The molecule has 1 unspecified atom stereocenters. The molecular formula is C12H17N3. The molecule has 3 nitrogen and oxygen atoms in total. The Kier molecular flexibility index (Phi) is 4.62. The zero-order valence-electron chi connectivity index (χ0n) is 9.33. The van der Waals surface area contributed by atoms with Crippen LogP contribution in [0.4, 0.5) is 5.82 Å². The van der Waals surface area contributed by atoms with Gasteiger partial charge in [-0.25, -0.2) is 4.98 Å². The fraction of sp³-hybridized carbons (Fsp3) is 0.500. The van der Waals surface area contributed by atoms with Crippen LogP contribution < -0.4 is 5.32 Å². The first kappa shape index (κ1) is 11.5. The summed E-state index contributed by atoms with van der Waals surface area (Å²) < 4.78 is 0. The van der Waals surface area contributed by atoms with Crippen molar-refractivity contribution in [3.8, 4) is 6.07 Å². The average molecular weight is 203 g/mol. The molecule has 80 valence electrons. The van der Waals surface area contributed by atoms with E-state index in [0.29, 0.717) is 17.3 Å². The van der Waals surface area contributed by atoms with Crippen molar-refractivity contribution in [1.29, 1.82) is 5.26 Å². The Bertz CT molecular complexity index is 341. The molecule has 0 aliphatic rings. The molecule has 0 saturated heterocycles. The lowest BCUT2D eigenvalue weighted by Gasteiger charge is -2.12. The largest absolute Gasteiger partial charge is 0.369 e. The summed E-state index contributed by atoms with van der Waals surface area (Å²) in [6, 6.07) is 5.68. The summed E-state index contributed by atoms with van der Waals surface area (Å²) in [4.78, 5) is 4.15. The molecule has 0 radical (unpaired) electrons. The highest BCUT2D eigenvalue weighted by Gasteiger charge is 2.04. The second-order valence-electron chi connectivity index (χ2n) is 3.79. The monoisotopic (exact) mass is 203 g/mol. The maximum atomic E-state index is 8.86. The van der Waals surface area contributed by atoms with Gasteiger partial charge >= 0.3 is 0 Å². The third-order valence-corrected chi connectivity index (χ3v) is 2.33. The van der Waals surface area contributed by atoms with E-state index in [0.717, 1.165) is 6.54 Å². The number of nitriles is 1. The molecule has 1 aromatic rings. The molecule has 0 aromatic carbocycles. The minimum Gasteiger partial charge on any atom is -0.369 e. The van der Waals surface area contributed by atoms with Crippen molar-refractivity contribution < 1.29 is 0 Å². The highest BCUT2D eigenvalue weighted by molar-refractivity contribution is 5.51. The summed E-state index contributed by atoms with van der Waals surface area (Å²) in [5.41, 5.74) is 0.612. The maximum absolute atomic E-state index is 8.86. The quantitative estimate of drug-likeness (QED) is 0.800. The highest BCUT2D eigenvalue weighted by Crippen LogP contribution is 2.11. The molecule has 1 aromatic heterocycles. The minimum atomic E-state index is 0.612. The standard InChI is InChI=1S/C12H17N3/c1-3-5-10(2)9-15-12-11(8-13)6-4-7-14-12/h4,6-7,10H,3,5,9H2,1-2H3,(H,14,15). The van der Waals surface area contributed by atoms with Gasteiger partial charge in [-0.1, -0.05) is 20.3 Å². The maximum Gasteiger partial charge on any atom is 0.143 e. The third kappa shape index (κ3) is 3.59. The summed E-state index contributed by atoms with van der Waals surface area (Å²) in [7, 11) is 0. The van der Waals surface area contributed by atoms with Gasteiger partial charge in [-0.05, 0) is 24.5 Å². The first-order chi connectivity index (χ1) is 7.27. The molecule has 1 atom stereocenters. The molecule has 3 heteroatoms. The fourth-order valence-electron chi connectivity index (χ4n) is 1.50. The summed E-state index contributed by atoms with van der Waals surface area (Å²) >= 11 is 0. The topological polar surface area (TPSA) is 48.7 Å². The lowest BCUT2D eigenvalue weighted by Crippen LogP contribution is -2.12. The van der Waals surface area contributed by atoms with Gasteiger partial charge in [-0.2, -0.15) is 5.26 Å². The predicted octanol–water partition coefficient (Wildman–Crippen LogP) is 2.80. The second kappa shape index (κ2) is 6.02. The molecule has 0 spiro atoms. The molecule has 1 rings (SSSR count). The number of nitrogens with zero attached hydrogens (tertiary/aromatic N) is 2. The molecular weight excluding hydrogens is 186 g/mol. The van der Waals surface area contributed by atoms with E-state index < -0.39 is 0 Å². The van der Waals surface area contributed by atoms with Crippen molar-refractivity contribution in [2.75, 3.05) is 11.9 Å². The molecule has 0 saturated carbocycles. The molecule has 0 fully saturated rings. The van der Waals surface area contributed by atoms with Crippen LogP contribution >= 0.6 is 0 Å². The van der Waals surface area contributed by atoms with Crippen molar-refractivity contribution in [3.05, 3.63) is 23.9 Å². The van der Waals surface area contributed by atoms with E-state index in [1.165, 1.54) is 12.8 Å². The number of hydrogen-bond acceptors (Lipinski definition) is 3. The number of nitrogens with one attached hydrogen (secondary N) is 1. The lowest BCUT2D eigenvalue weighted by molar-refractivity contribution is 0.550. The van der Waals surface area contributed by atoms with Gasteiger partial charge in [0.05, 0.1) is 5.56 Å². The number of rotatable bonds is 5. The van der Waals surface area contributed by atoms with E-state index in [4.69, 9.17) is 5.26 Å². The van der Waals surface area contributed by atoms with Crippen molar-refractivity contribution in [1.82, 2.24) is 4.98 Å². The lowest BCUT2D eigenvalue weighted by atomic mass is 10.1. The van der Waals surface area contributed by atoms with Crippen molar-refractivity contribution in [2.24, 2.45) is 5.92 Å². The Morgan fingerprint density at radius 1 is 1.60 bits per heavy atom. The first-order valence-corrected chi connectivity index (χ1v) is 5.37. The Hall–Kier alpha value is -1.56. The molecule has 1 N–H and O–H groups in total. The van der Waals surface area contributed by atoms with E-state index in [1.54, 1.807) is 18.3 Å². The van der Waals surface area contributed by atoms with Gasteiger partial charge < -0.3 is 5.32 Å². The SMILES string of the molecule is CCCC(C)CNc1ncccc1C#N. The summed E-state index contributed by atoms with van der Waals surface area (Å²) in [6.45, 7) is 5.25. The van der Waals surface area contributed by atoms with E-state index in [-0.39, 0.29) is 0 Å². The average Bonchev–Trinajstić information content (AvgIpc) is 2.27. The van der Waals surface area contributed by atoms with Crippen molar-refractivity contribution in [2.45, 2.75) is 26.7 Å². The zero-order chi connectivity index (χ0) is 11.1. The summed E-state index contributed by atoms with van der Waals surface area (Å²) in [5.74, 6) is 1.31. The molecule has 0 bridgehead atoms. The predicted molar refractivity (Wildman–Crippen MR) is 61.5 cm³/mol. The molecule has 1 heterocycles. The van der Waals surface area contributed by atoms with Crippen molar-refractivity contribution >= 4 is 5.82 Å². The number of hydrogen-bond donors (Lipinski definition) is 1. The number of aromatic nitrogens is 1. The zero-order valence-corrected chi connectivity index (χ0v) is 9.33. The normalized spacial score (nSPS) is 11.8. The van der Waals surface area contributed by atoms with E-state index in [2.05, 4.69) is 30.2 Å². The van der Waals surface area contributed by atoms with Gasteiger partial charge in [-0.3, -0.25) is 0 Å². The van der Waals surface area contributed by atoms with E-state index >= 15 is 0 Å². The highest BCUT2D eigenvalue weighted by atomic mass is 15.0. The van der Waals surface area contributed by atoms with Crippen LogP contribution in [0, 0.1) is 17.2 Å². The minimum absolute atomic E-state index is 0.612. The Morgan fingerprint density at radius 2 is 2.40 bits per heavy atom. The third-order valence-electron chi connectivity index (χ3n) is 2.33. The van der Waals surface area contributed by atoms with Gasteiger partial charge in [-0.15, -0.1) is 0 Å². The Labute approximate surface area is 91.1 Å². The second-order valence-corrected chi connectivity index (χ2v) is 3.79. The Balaban J connectivity index is 2.54. The van der Waals surface area contributed by atoms with Gasteiger partial charge in [0.25, 0.3) is 0 Å². The van der Waals surface area contributed by atoms with E-state index in [9.17, 15) is 0 Å². The molecule has 15 heavy (non-hydrogen) atoms. The van der Waals surface area contributed by atoms with Crippen molar-refractivity contribution in [3.63, 3.8) is 0 Å². The molecule has 0 aliphatic heterocycles. The summed E-state index contributed by atoms with van der Waals surface area (Å²) in [5, 5.41) is 12.1. The van der Waals surface area contributed by atoms with Gasteiger partial charge in [0, 0.05) is 12.7 Å². The van der Waals surface area contributed by atoms with Crippen LogP contribution in [-0.2, 0) is 0 Å². The smallest absolute Gasteiger partial charge is 0.143 e. The van der Waals surface area contributed by atoms with Crippen LogP contribution in [0.2, 0.25) is 0 Å². The number of anilines is 1. The first-order valence-electron chi connectivity index (χ1n) is 5.37. The van der Waals surface area contributed by atoms with Crippen LogP contribution in [0.1, 0.15) is 32.3 Å². The number of pyridine rings is 1.